The number of aliphatic imine (C=N–C) groups is 1. The average molecular weight is 224 g/mol. The zero-order valence-corrected chi connectivity index (χ0v) is 8.06. The smallest absolute Gasteiger partial charge is 0.267 e. The fraction of sp³-hybridized carbons (Fsp3) is 0. The molecule has 0 N–H and O–H groups in total. The summed E-state index contributed by atoms with van der Waals surface area (Å²) >= 11 is 0. The lowest BCUT2D eigenvalue weighted by Crippen LogP contribution is -1.98. The Morgan fingerprint density at radius 2 is 2.00 bits per heavy atom. The minimum Gasteiger partial charge on any atom is -0.267 e. The highest BCUT2D eigenvalue weighted by molar-refractivity contribution is 7.90. The van der Waals surface area contributed by atoms with Crippen LogP contribution in [0.4, 0.5) is 0 Å². The maximum absolute atomic E-state index is 11.1. The van der Waals surface area contributed by atoms with Gasteiger partial charge in [-0.15, -0.1) is 4.91 Å². The molecule has 0 fully saturated rings. The van der Waals surface area contributed by atoms with Crippen molar-refractivity contribution in [3.05, 3.63) is 34.2 Å². The lowest BCUT2D eigenvalue weighted by atomic mass is 10.1. The van der Waals surface area contributed by atoms with Gasteiger partial charge in [0.05, 0.1) is 15.0 Å². The number of sulfonamides is 1. The van der Waals surface area contributed by atoms with Gasteiger partial charge in [-0.05, 0) is 18.2 Å². The number of nitroso groups, excluding NO2 is 1. The Bertz CT molecular complexity index is 589. The Hall–Kier alpha value is -1.89. The van der Waals surface area contributed by atoms with Crippen molar-refractivity contribution in [1.29, 1.82) is 0 Å². The van der Waals surface area contributed by atoms with E-state index in [9.17, 15) is 18.1 Å². The van der Waals surface area contributed by atoms with Gasteiger partial charge in [0, 0.05) is 11.8 Å². The molecule has 0 atom stereocenters. The maximum Gasteiger partial charge on any atom is 0.316 e. The van der Waals surface area contributed by atoms with Gasteiger partial charge < -0.3 is 0 Å². The Kier molecular flexibility index (Phi) is 1.97. The minimum absolute atomic E-state index is 0.239. The molecule has 0 radical (unpaired) electrons. The van der Waals surface area contributed by atoms with Crippen molar-refractivity contribution in [3.63, 3.8) is 0 Å². The monoisotopic (exact) mass is 224 g/mol. The maximum atomic E-state index is 11.1. The predicted molar refractivity (Wildman–Crippen MR) is 51.3 cm³/mol. The van der Waals surface area contributed by atoms with E-state index in [1.165, 1.54) is 18.3 Å². The Labute approximate surface area is 84.7 Å². The number of carbonyl (C=O) groups excluding carboxylic acids is 1. The number of hydrogen-bond donors (Lipinski definition) is 0. The first-order chi connectivity index (χ1) is 7.04. The van der Waals surface area contributed by atoms with Crippen molar-refractivity contribution in [2.45, 2.75) is 4.90 Å². The van der Waals surface area contributed by atoms with Gasteiger partial charge in [0.1, 0.15) is 0 Å². The van der Waals surface area contributed by atoms with Crippen LogP contribution >= 0.6 is 0 Å². The molecule has 6 nitrogen and oxygen atoms in total. The lowest BCUT2D eigenvalue weighted by Gasteiger charge is -1.98. The Balaban J connectivity index is 2.62. The fourth-order valence-corrected chi connectivity index (χ4v) is 1.85. The van der Waals surface area contributed by atoms with Crippen LogP contribution in [0.3, 0.4) is 0 Å². The molecular formula is C8H4N2O4S. The number of amides is 1. The van der Waals surface area contributed by atoms with Crippen molar-refractivity contribution in [2.75, 3.05) is 0 Å². The van der Waals surface area contributed by atoms with Gasteiger partial charge in [-0.3, -0.25) is 4.79 Å². The Morgan fingerprint density at radius 3 is 2.67 bits per heavy atom. The fourth-order valence-electron chi connectivity index (χ4n) is 1.24. The molecule has 2 rings (SSSR count). The molecule has 1 aliphatic rings. The minimum atomic E-state index is -4.14. The van der Waals surface area contributed by atoms with E-state index >= 15 is 0 Å². The van der Waals surface area contributed by atoms with Crippen LogP contribution < -0.4 is 0 Å². The quantitative estimate of drug-likeness (QED) is 0.691. The summed E-state index contributed by atoms with van der Waals surface area (Å²) in [5, 5.41) is 0. The molecule has 1 aliphatic heterocycles. The van der Waals surface area contributed by atoms with Gasteiger partial charge in [-0.2, -0.15) is 8.42 Å². The van der Waals surface area contributed by atoms with E-state index < -0.39 is 15.9 Å². The number of rotatable bonds is 2. The van der Waals surface area contributed by atoms with E-state index in [2.05, 4.69) is 4.99 Å². The highest BCUT2D eigenvalue weighted by atomic mass is 32.2. The van der Waals surface area contributed by atoms with E-state index in [0.29, 0.717) is 11.1 Å². The molecule has 1 amide bonds. The van der Waals surface area contributed by atoms with E-state index in [1.807, 2.05) is 4.58 Å². The normalized spacial score (nSPS) is 14.0. The third-order valence-electron chi connectivity index (χ3n) is 1.97. The van der Waals surface area contributed by atoms with Gasteiger partial charge in [-0.25, -0.2) is 4.99 Å². The second-order valence-electron chi connectivity index (χ2n) is 2.86. The number of benzene rings is 1. The van der Waals surface area contributed by atoms with Crippen LogP contribution in [0.25, 0.3) is 0 Å². The zero-order valence-electron chi connectivity index (χ0n) is 7.25. The molecule has 0 saturated heterocycles. The number of fused-ring (bicyclic) bond motifs is 1. The largest absolute Gasteiger partial charge is 0.316 e. The lowest BCUT2D eigenvalue weighted by molar-refractivity contribution is 0.101. The third kappa shape index (κ3) is 1.46. The topological polar surface area (TPSA) is 93.0 Å². The molecule has 0 aromatic heterocycles. The first-order valence-corrected chi connectivity index (χ1v) is 5.31. The Morgan fingerprint density at radius 1 is 1.27 bits per heavy atom. The summed E-state index contributed by atoms with van der Waals surface area (Å²) < 4.78 is 24.2. The SMILES string of the molecule is O=NS(=O)(=O)c1ccc2c(c1)C=NC2=O. The molecule has 0 aliphatic carbocycles. The van der Waals surface area contributed by atoms with Crippen LogP contribution in [0.1, 0.15) is 15.9 Å². The van der Waals surface area contributed by atoms with E-state index in [1.54, 1.807) is 0 Å². The van der Waals surface area contributed by atoms with E-state index in [-0.39, 0.29) is 4.90 Å². The number of hydrogen-bond acceptors (Lipinski definition) is 4. The van der Waals surface area contributed by atoms with Crippen molar-refractivity contribution in [3.8, 4) is 0 Å². The van der Waals surface area contributed by atoms with E-state index in [4.69, 9.17) is 0 Å². The molecule has 1 heterocycles. The number of carbonyl (C=O) groups is 1. The molecule has 7 heteroatoms. The van der Waals surface area contributed by atoms with Gasteiger partial charge in [0.25, 0.3) is 5.91 Å². The molecule has 0 bridgehead atoms. The first kappa shape index (κ1) is 9.66. The van der Waals surface area contributed by atoms with Crippen molar-refractivity contribution >= 4 is 22.1 Å². The first-order valence-electron chi connectivity index (χ1n) is 3.87. The molecule has 76 valence electrons. The van der Waals surface area contributed by atoms with E-state index in [0.717, 1.165) is 6.07 Å². The van der Waals surface area contributed by atoms with Crippen molar-refractivity contribution in [1.82, 2.24) is 0 Å². The molecule has 0 saturated carbocycles. The van der Waals surface area contributed by atoms with Gasteiger partial charge in [0.2, 0.25) is 0 Å². The summed E-state index contributed by atoms with van der Waals surface area (Å²) in [7, 11) is -4.14. The highest BCUT2D eigenvalue weighted by Crippen LogP contribution is 2.20. The van der Waals surface area contributed by atoms with Gasteiger partial charge in [-0.1, -0.05) is 0 Å². The van der Waals surface area contributed by atoms with Crippen LogP contribution in [-0.4, -0.2) is 20.5 Å². The van der Waals surface area contributed by atoms with Crippen LogP contribution in [-0.2, 0) is 10.0 Å². The number of nitrogens with zero attached hydrogens (tertiary/aromatic N) is 2. The summed E-state index contributed by atoms with van der Waals surface area (Å²) in [5.41, 5.74) is 0.699. The molecule has 0 spiro atoms. The summed E-state index contributed by atoms with van der Waals surface area (Å²) in [6.45, 7) is 0. The standard InChI is InChI=1S/C8H4N2O4S/c11-8-7-2-1-6(15(13,14)10-12)3-5(7)4-9-8/h1-4H. The summed E-state index contributed by atoms with van der Waals surface area (Å²) in [6, 6.07) is 3.66. The van der Waals surface area contributed by atoms with Crippen molar-refractivity contribution < 1.29 is 13.2 Å². The average Bonchev–Trinajstić information content (AvgIpc) is 2.60. The molecular weight excluding hydrogens is 220 g/mol. The molecule has 1 aromatic carbocycles. The van der Waals surface area contributed by atoms with Crippen LogP contribution in [0.15, 0.2) is 32.7 Å². The molecule has 15 heavy (non-hydrogen) atoms. The van der Waals surface area contributed by atoms with Gasteiger partial charge in [0.15, 0.2) is 0 Å². The molecule has 0 unspecified atom stereocenters. The predicted octanol–water partition coefficient (Wildman–Crippen LogP) is 0.714. The summed E-state index contributed by atoms with van der Waals surface area (Å²) in [5.74, 6) is -0.423. The van der Waals surface area contributed by atoms with Crippen LogP contribution in [0.2, 0.25) is 0 Å². The highest BCUT2D eigenvalue weighted by Gasteiger charge is 2.20. The molecule has 1 aromatic rings. The summed E-state index contributed by atoms with van der Waals surface area (Å²) in [6.07, 6.45) is 1.25. The second-order valence-corrected chi connectivity index (χ2v) is 4.43. The van der Waals surface area contributed by atoms with Crippen LogP contribution in [0, 0.1) is 4.91 Å². The van der Waals surface area contributed by atoms with Crippen molar-refractivity contribution in [2.24, 2.45) is 9.57 Å². The zero-order chi connectivity index (χ0) is 11.1. The van der Waals surface area contributed by atoms with Gasteiger partial charge >= 0.3 is 10.0 Å². The second kappa shape index (κ2) is 3.06. The third-order valence-corrected chi connectivity index (χ3v) is 3.02. The van der Waals surface area contributed by atoms with Crippen LogP contribution in [0.5, 0.6) is 0 Å². The summed E-state index contributed by atoms with van der Waals surface area (Å²) in [4.78, 5) is 24.4.